The second-order valence-electron chi connectivity index (χ2n) is 6.12. The third-order valence-corrected chi connectivity index (χ3v) is 6.33. The first kappa shape index (κ1) is 20.2. The van der Waals surface area contributed by atoms with Crippen LogP contribution in [0, 0.1) is 13.8 Å². The molecule has 10 heteroatoms. The molecule has 0 aliphatic heterocycles. The molecule has 0 spiro atoms. The predicted octanol–water partition coefficient (Wildman–Crippen LogP) is 2.25. The van der Waals surface area contributed by atoms with Crippen molar-refractivity contribution in [1.29, 1.82) is 0 Å². The normalized spacial score (nSPS) is 11.5. The van der Waals surface area contributed by atoms with Crippen molar-refractivity contribution < 1.29 is 17.9 Å². The highest BCUT2D eigenvalue weighted by Gasteiger charge is 2.15. The Balaban J connectivity index is 1.61. The summed E-state index contributed by atoms with van der Waals surface area (Å²) >= 11 is 1.46. The summed E-state index contributed by atoms with van der Waals surface area (Å²) in [7, 11) is -2.40. The number of aryl methyl sites for hydroxylation is 2. The van der Waals surface area contributed by atoms with Gasteiger partial charge in [-0.05, 0) is 44.2 Å². The van der Waals surface area contributed by atoms with Gasteiger partial charge in [-0.3, -0.25) is 0 Å². The fourth-order valence-corrected chi connectivity index (χ4v) is 4.51. The third-order valence-electron chi connectivity index (χ3n) is 3.99. The van der Waals surface area contributed by atoms with E-state index in [9.17, 15) is 13.2 Å². The largest absolute Gasteiger partial charge is 0.465 e. The van der Waals surface area contributed by atoms with Crippen LogP contribution in [-0.2, 0) is 21.2 Å². The van der Waals surface area contributed by atoms with Crippen LogP contribution in [0.5, 0.6) is 0 Å². The Labute approximate surface area is 167 Å². The Morgan fingerprint density at radius 2 is 1.96 bits per heavy atom. The molecule has 0 bridgehead atoms. The average molecular weight is 421 g/mol. The number of carbonyl (C=O) groups excluding carboxylic acids is 1. The van der Waals surface area contributed by atoms with Gasteiger partial charge in [0.05, 0.1) is 29.0 Å². The number of benzene rings is 1. The lowest BCUT2D eigenvalue weighted by molar-refractivity contribution is 0.0600. The number of thiazole rings is 1. The Morgan fingerprint density at radius 1 is 1.25 bits per heavy atom. The van der Waals surface area contributed by atoms with Gasteiger partial charge in [-0.15, -0.1) is 11.3 Å². The van der Waals surface area contributed by atoms with E-state index in [4.69, 9.17) is 0 Å². The lowest BCUT2D eigenvalue weighted by Crippen LogP contribution is -2.26. The first-order valence-electron chi connectivity index (χ1n) is 8.46. The van der Waals surface area contributed by atoms with E-state index in [1.807, 2.05) is 25.3 Å². The molecule has 0 saturated heterocycles. The van der Waals surface area contributed by atoms with Crippen LogP contribution in [0.3, 0.4) is 0 Å². The smallest absolute Gasteiger partial charge is 0.337 e. The lowest BCUT2D eigenvalue weighted by Gasteiger charge is -2.06. The second kappa shape index (κ2) is 8.21. The number of sulfonamides is 1. The van der Waals surface area contributed by atoms with E-state index in [0.29, 0.717) is 12.0 Å². The molecule has 2 aromatic heterocycles. The molecular formula is C18H20N4O4S2. The van der Waals surface area contributed by atoms with Crippen LogP contribution in [0.2, 0.25) is 0 Å². The number of aromatic nitrogens is 3. The molecule has 0 saturated carbocycles. The van der Waals surface area contributed by atoms with Gasteiger partial charge in [0.2, 0.25) is 15.2 Å². The van der Waals surface area contributed by atoms with Crippen molar-refractivity contribution in [3.63, 3.8) is 0 Å². The van der Waals surface area contributed by atoms with Crippen LogP contribution < -0.4 is 4.72 Å². The van der Waals surface area contributed by atoms with Gasteiger partial charge < -0.3 is 4.74 Å². The fourth-order valence-electron chi connectivity index (χ4n) is 2.62. The van der Waals surface area contributed by atoms with Gasteiger partial charge in [0.15, 0.2) is 0 Å². The van der Waals surface area contributed by atoms with Crippen molar-refractivity contribution in [1.82, 2.24) is 19.5 Å². The van der Waals surface area contributed by atoms with Crippen molar-refractivity contribution >= 4 is 27.3 Å². The topological polar surface area (TPSA) is 103 Å². The molecule has 0 amide bonds. The molecule has 2 heterocycles. The van der Waals surface area contributed by atoms with E-state index in [0.717, 1.165) is 22.2 Å². The summed E-state index contributed by atoms with van der Waals surface area (Å²) in [5, 5.41) is 7.04. The minimum Gasteiger partial charge on any atom is -0.465 e. The number of hydrogen-bond acceptors (Lipinski definition) is 7. The molecule has 0 unspecified atom stereocenters. The van der Waals surface area contributed by atoms with E-state index in [1.165, 1.54) is 42.7 Å². The van der Waals surface area contributed by atoms with Crippen molar-refractivity contribution in [3.05, 3.63) is 58.4 Å². The molecule has 1 aromatic carbocycles. The Bertz CT molecular complexity index is 1090. The van der Waals surface area contributed by atoms with Gasteiger partial charge in [-0.2, -0.15) is 5.10 Å². The zero-order chi connectivity index (χ0) is 20.3. The lowest BCUT2D eigenvalue weighted by atomic mass is 10.2. The molecule has 3 aromatic rings. The zero-order valence-electron chi connectivity index (χ0n) is 15.7. The van der Waals surface area contributed by atoms with Gasteiger partial charge in [0, 0.05) is 24.0 Å². The van der Waals surface area contributed by atoms with Crippen molar-refractivity contribution in [2.75, 3.05) is 13.7 Å². The molecule has 3 rings (SSSR count). The number of rotatable bonds is 7. The van der Waals surface area contributed by atoms with E-state index in [2.05, 4.69) is 19.5 Å². The Hall–Kier alpha value is -2.56. The van der Waals surface area contributed by atoms with Crippen LogP contribution in [0.15, 0.2) is 40.6 Å². The van der Waals surface area contributed by atoms with Crippen molar-refractivity contribution in [3.8, 4) is 5.13 Å². The molecular weight excluding hydrogens is 400 g/mol. The van der Waals surface area contributed by atoms with Crippen LogP contribution >= 0.6 is 11.3 Å². The van der Waals surface area contributed by atoms with Crippen molar-refractivity contribution in [2.45, 2.75) is 25.2 Å². The number of methoxy groups -OCH3 is 1. The molecule has 148 valence electrons. The monoisotopic (exact) mass is 420 g/mol. The van der Waals surface area contributed by atoms with Gasteiger partial charge in [0.1, 0.15) is 0 Å². The highest BCUT2D eigenvalue weighted by molar-refractivity contribution is 7.89. The van der Waals surface area contributed by atoms with Gasteiger partial charge >= 0.3 is 5.97 Å². The number of esters is 1. The SMILES string of the molecule is COC(=O)c1ccc(S(=O)(=O)NCCc2csc(-n3nc(C)cc3C)n2)cc1. The quantitative estimate of drug-likeness (QED) is 0.588. The molecule has 0 aliphatic rings. The van der Waals surface area contributed by atoms with E-state index in [-0.39, 0.29) is 11.4 Å². The number of ether oxygens (including phenoxy) is 1. The summed E-state index contributed by atoms with van der Waals surface area (Å²) in [4.78, 5) is 16.0. The van der Waals surface area contributed by atoms with Crippen molar-refractivity contribution in [2.24, 2.45) is 0 Å². The third kappa shape index (κ3) is 4.46. The van der Waals surface area contributed by atoms with E-state index >= 15 is 0 Å². The first-order chi connectivity index (χ1) is 13.3. The fraction of sp³-hybridized carbons (Fsp3) is 0.278. The molecule has 1 N–H and O–H groups in total. The summed E-state index contributed by atoms with van der Waals surface area (Å²) in [5.74, 6) is -0.515. The Kier molecular flexibility index (Phi) is 5.92. The van der Waals surface area contributed by atoms with E-state index in [1.54, 1.807) is 4.68 Å². The summed E-state index contributed by atoms with van der Waals surface area (Å²) in [6, 6.07) is 7.56. The summed E-state index contributed by atoms with van der Waals surface area (Å²) in [6.07, 6.45) is 0.454. The molecule has 0 atom stereocenters. The van der Waals surface area contributed by atoms with Crippen LogP contribution in [0.4, 0.5) is 0 Å². The number of nitrogens with one attached hydrogen (secondary N) is 1. The number of carbonyl (C=O) groups is 1. The number of hydrogen-bond donors (Lipinski definition) is 1. The zero-order valence-corrected chi connectivity index (χ0v) is 17.3. The Morgan fingerprint density at radius 3 is 2.57 bits per heavy atom. The maximum absolute atomic E-state index is 12.4. The standard InChI is InChI=1S/C18H20N4O4S2/c1-12-10-13(2)22(21-12)18-20-15(11-27-18)8-9-19-28(24,25)16-6-4-14(5-7-16)17(23)26-3/h4-7,10-11,19H,8-9H2,1-3H3. The van der Waals surface area contributed by atoms with Gasteiger partial charge in [-0.25, -0.2) is 27.6 Å². The average Bonchev–Trinajstić information content (AvgIpc) is 3.26. The van der Waals surface area contributed by atoms with Gasteiger partial charge in [-0.1, -0.05) is 0 Å². The molecule has 0 radical (unpaired) electrons. The van der Waals surface area contributed by atoms with Crippen LogP contribution in [-0.4, -0.2) is 42.8 Å². The molecule has 0 aliphatic carbocycles. The van der Waals surface area contributed by atoms with Gasteiger partial charge in [0.25, 0.3) is 0 Å². The minimum absolute atomic E-state index is 0.0850. The predicted molar refractivity (Wildman–Crippen MR) is 105 cm³/mol. The number of nitrogens with zero attached hydrogens (tertiary/aromatic N) is 3. The van der Waals surface area contributed by atoms with Crippen LogP contribution in [0.1, 0.15) is 27.4 Å². The molecule has 0 fully saturated rings. The molecule has 28 heavy (non-hydrogen) atoms. The maximum Gasteiger partial charge on any atom is 0.337 e. The van der Waals surface area contributed by atoms with E-state index < -0.39 is 16.0 Å². The molecule has 8 nitrogen and oxygen atoms in total. The maximum atomic E-state index is 12.4. The first-order valence-corrected chi connectivity index (χ1v) is 10.8. The summed E-state index contributed by atoms with van der Waals surface area (Å²) in [6.45, 7) is 4.09. The second-order valence-corrected chi connectivity index (χ2v) is 8.73. The highest BCUT2D eigenvalue weighted by atomic mass is 32.2. The minimum atomic E-state index is -3.67. The summed E-state index contributed by atoms with van der Waals surface area (Å²) < 4.78 is 33.7. The van der Waals surface area contributed by atoms with Crippen LogP contribution in [0.25, 0.3) is 5.13 Å². The summed E-state index contributed by atoms with van der Waals surface area (Å²) in [5.41, 5.74) is 2.99. The highest BCUT2D eigenvalue weighted by Crippen LogP contribution is 2.17.